The first-order valence-electron chi connectivity index (χ1n) is 9.19. The molecule has 1 heterocycles. The highest BCUT2D eigenvalue weighted by molar-refractivity contribution is 6.03. The Morgan fingerprint density at radius 1 is 1.07 bits per heavy atom. The summed E-state index contributed by atoms with van der Waals surface area (Å²) in [6.45, 7) is 1.13. The van der Waals surface area contributed by atoms with E-state index in [4.69, 9.17) is 9.15 Å². The number of hydrogen-bond acceptors (Lipinski definition) is 4. The van der Waals surface area contributed by atoms with Crippen molar-refractivity contribution in [2.75, 3.05) is 5.32 Å². The highest BCUT2D eigenvalue weighted by atomic mass is 19.3. The van der Waals surface area contributed by atoms with Gasteiger partial charge in [0.25, 0.3) is 5.91 Å². The molecule has 3 rings (SSSR count). The molecule has 1 aromatic heterocycles. The minimum absolute atomic E-state index is 0.0592. The third-order valence-corrected chi connectivity index (χ3v) is 4.22. The van der Waals surface area contributed by atoms with Crippen molar-refractivity contribution in [1.82, 2.24) is 0 Å². The second kappa shape index (κ2) is 9.39. The fraction of sp³-hybridized carbons (Fsp3) is 0.227. The van der Waals surface area contributed by atoms with Crippen molar-refractivity contribution < 1.29 is 31.9 Å². The van der Waals surface area contributed by atoms with Gasteiger partial charge in [-0.05, 0) is 47.9 Å². The van der Waals surface area contributed by atoms with E-state index in [9.17, 15) is 18.0 Å². The topological polar surface area (TPSA) is 60.7 Å². The summed E-state index contributed by atoms with van der Waals surface area (Å²) in [6, 6.07) is 13.5. The van der Waals surface area contributed by atoms with Crippen LogP contribution in [0.15, 0.2) is 59.0 Å². The lowest BCUT2D eigenvalue weighted by Crippen LogP contribution is -2.13. The largest absolute Gasteiger partial charge is 0.486 e. The molecule has 0 saturated heterocycles. The molecule has 0 radical (unpaired) electrons. The van der Waals surface area contributed by atoms with Crippen molar-refractivity contribution in [3.8, 4) is 11.5 Å². The third kappa shape index (κ3) is 5.56. The van der Waals surface area contributed by atoms with Crippen LogP contribution in [-0.4, -0.2) is 12.5 Å². The van der Waals surface area contributed by atoms with Crippen LogP contribution in [0.25, 0.3) is 0 Å². The summed E-state index contributed by atoms with van der Waals surface area (Å²) < 4.78 is 53.6. The first kappa shape index (κ1) is 21.3. The van der Waals surface area contributed by atoms with Crippen LogP contribution in [0.5, 0.6) is 11.5 Å². The van der Waals surface area contributed by atoms with Crippen molar-refractivity contribution in [2.45, 2.75) is 33.0 Å². The first-order valence-corrected chi connectivity index (χ1v) is 9.19. The second-order valence-corrected chi connectivity index (χ2v) is 6.75. The van der Waals surface area contributed by atoms with Crippen molar-refractivity contribution in [3.63, 3.8) is 0 Å². The summed E-state index contributed by atoms with van der Waals surface area (Å²) in [7, 11) is 0. The fourth-order valence-corrected chi connectivity index (χ4v) is 2.66. The number of rotatable bonds is 8. The van der Waals surface area contributed by atoms with E-state index in [0.717, 1.165) is 18.2 Å². The second-order valence-electron chi connectivity index (χ2n) is 6.75. The summed E-state index contributed by atoms with van der Waals surface area (Å²) in [5.74, 6) is -0.554. The van der Waals surface area contributed by atoms with Gasteiger partial charge in [0.05, 0.1) is 5.69 Å². The number of benzene rings is 2. The Labute approximate surface area is 171 Å². The van der Waals surface area contributed by atoms with E-state index in [2.05, 4.69) is 23.9 Å². The molecule has 0 unspecified atom stereocenters. The average Bonchev–Trinajstić information content (AvgIpc) is 3.17. The average molecular weight is 419 g/mol. The van der Waals surface area contributed by atoms with Crippen LogP contribution < -0.4 is 14.8 Å². The number of halogens is 3. The highest BCUT2D eigenvalue weighted by Gasteiger charge is 2.17. The number of carbonyl (C=O) groups excluding carboxylic acids is 1. The quantitative estimate of drug-likeness (QED) is 0.488. The number of carbonyl (C=O) groups is 1. The molecule has 2 aromatic carbocycles. The molecule has 0 spiro atoms. The van der Waals surface area contributed by atoms with Crippen LogP contribution in [0.1, 0.15) is 41.6 Å². The molecule has 0 aliphatic carbocycles. The maximum Gasteiger partial charge on any atom is 0.387 e. The van der Waals surface area contributed by atoms with Crippen molar-refractivity contribution >= 4 is 11.6 Å². The van der Waals surface area contributed by atoms with E-state index in [-0.39, 0.29) is 18.1 Å². The minimum Gasteiger partial charge on any atom is -0.486 e. The molecule has 5 nitrogen and oxygen atoms in total. The van der Waals surface area contributed by atoms with Crippen LogP contribution in [0.4, 0.5) is 18.9 Å². The Morgan fingerprint density at radius 2 is 1.80 bits per heavy atom. The number of alkyl halides is 2. The maximum absolute atomic E-state index is 13.3. The Kier molecular flexibility index (Phi) is 6.66. The summed E-state index contributed by atoms with van der Waals surface area (Å²) >= 11 is 0. The van der Waals surface area contributed by atoms with Gasteiger partial charge in [0.15, 0.2) is 11.5 Å². The van der Waals surface area contributed by atoms with Gasteiger partial charge in [-0.1, -0.05) is 26.0 Å². The Bertz CT molecular complexity index is 1000. The molecule has 0 aliphatic heterocycles. The molecule has 0 saturated carbocycles. The van der Waals surface area contributed by atoms with Gasteiger partial charge < -0.3 is 19.2 Å². The smallest absolute Gasteiger partial charge is 0.387 e. The monoisotopic (exact) mass is 419 g/mol. The van der Waals surface area contributed by atoms with Gasteiger partial charge in [-0.15, -0.1) is 0 Å². The summed E-state index contributed by atoms with van der Waals surface area (Å²) in [6.07, 6.45) is 0. The zero-order valence-corrected chi connectivity index (χ0v) is 16.3. The van der Waals surface area contributed by atoms with Crippen LogP contribution in [0.3, 0.4) is 0 Å². The number of nitrogens with one attached hydrogen (secondary N) is 1. The van der Waals surface area contributed by atoms with Gasteiger partial charge in [-0.25, -0.2) is 4.39 Å². The number of anilines is 1. The van der Waals surface area contributed by atoms with E-state index in [1.807, 2.05) is 24.3 Å². The van der Waals surface area contributed by atoms with Crippen molar-refractivity contribution in [2.24, 2.45) is 0 Å². The van der Waals surface area contributed by atoms with Crippen LogP contribution >= 0.6 is 0 Å². The molecule has 30 heavy (non-hydrogen) atoms. The zero-order valence-electron chi connectivity index (χ0n) is 16.3. The molecule has 0 atom stereocenters. The number of amides is 1. The lowest BCUT2D eigenvalue weighted by molar-refractivity contribution is -0.0495. The number of furan rings is 1. The molecule has 158 valence electrons. The van der Waals surface area contributed by atoms with Gasteiger partial charge >= 0.3 is 6.61 Å². The van der Waals surface area contributed by atoms with Gasteiger partial charge in [-0.3, -0.25) is 4.79 Å². The fourth-order valence-electron chi connectivity index (χ4n) is 2.66. The normalized spacial score (nSPS) is 11.0. The Morgan fingerprint density at radius 3 is 2.47 bits per heavy atom. The molecule has 8 heteroatoms. The maximum atomic E-state index is 13.3. The Balaban J connectivity index is 1.62. The molecular weight excluding hydrogens is 399 g/mol. The van der Waals surface area contributed by atoms with Gasteiger partial charge in [0.2, 0.25) is 0 Å². The molecule has 0 bridgehead atoms. The third-order valence-electron chi connectivity index (χ3n) is 4.22. The van der Waals surface area contributed by atoms with E-state index in [1.165, 1.54) is 11.6 Å². The van der Waals surface area contributed by atoms with Crippen molar-refractivity contribution in [3.05, 3.63) is 77.5 Å². The van der Waals surface area contributed by atoms with Crippen LogP contribution in [0.2, 0.25) is 0 Å². The first-order chi connectivity index (χ1) is 14.3. The predicted octanol–water partition coefficient (Wildman–Crippen LogP) is 5.97. The lowest BCUT2D eigenvalue weighted by atomic mass is 10.0. The zero-order chi connectivity index (χ0) is 21.7. The van der Waals surface area contributed by atoms with Crippen molar-refractivity contribution in [1.29, 1.82) is 0 Å². The van der Waals surface area contributed by atoms with Crippen LogP contribution in [0, 0.1) is 5.82 Å². The van der Waals surface area contributed by atoms with E-state index in [0.29, 0.717) is 17.4 Å². The number of hydrogen-bond donors (Lipinski definition) is 1. The molecule has 3 aromatic rings. The van der Waals surface area contributed by atoms with Gasteiger partial charge in [0.1, 0.15) is 23.9 Å². The molecule has 0 fully saturated rings. The van der Waals surface area contributed by atoms with E-state index >= 15 is 0 Å². The van der Waals surface area contributed by atoms with Crippen LogP contribution in [-0.2, 0) is 6.61 Å². The molecule has 1 amide bonds. The molecular formula is C22H20F3NO4. The summed E-state index contributed by atoms with van der Waals surface area (Å²) in [5, 5.41) is 2.36. The summed E-state index contributed by atoms with van der Waals surface area (Å²) in [4.78, 5) is 12.3. The molecule has 0 aliphatic rings. The van der Waals surface area contributed by atoms with Gasteiger partial charge in [-0.2, -0.15) is 8.78 Å². The Hall–Kier alpha value is -3.42. The lowest BCUT2D eigenvalue weighted by Gasteiger charge is -2.11. The SMILES string of the molecule is CC(C)c1ccc(OCc2ccc(C(=O)Nc3ccc(F)cc3OC(F)F)o2)cc1. The minimum atomic E-state index is -3.16. The van der Waals surface area contributed by atoms with E-state index < -0.39 is 24.1 Å². The standard InChI is InChI=1S/C22H20F3NO4/c1-13(2)14-3-6-16(7-4-14)28-12-17-8-10-19(29-17)21(27)26-18-9-5-15(23)11-20(18)30-22(24)25/h3-11,13,22H,12H2,1-2H3,(H,26,27). The van der Waals surface area contributed by atoms with Gasteiger partial charge in [0, 0.05) is 6.07 Å². The predicted molar refractivity (Wildman–Crippen MR) is 105 cm³/mol. The van der Waals surface area contributed by atoms with E-state index in [1.54, 1.807) is 6.07 Å². The molecule has 1 N–H and O–H groups in total. The summed E-state index contributed by atoms with van der Waals surface area (Å²) in [5.41, 5.74) is 1.08. The highest BCUT2D eigenvalue weighted by Crippen LogP contribution is 2.28. The number of ether oxygens (including phenoxy) is 2.